The molecule has 0 aliphatic carbocycles. The molecule has 0 aliphatic heterocycles. The summed E-state index contributed by atoms with van der Waals surface area (Å²) < 4.78 is 10.5. The van der Waals surface area contributed by atoms with Crippen molar-refractivity contribution in [3.63, 3.8) is 0 Å². The van der Waals surface area contributed by atoms with Gasteiger partial charge in [-0.25, -0.2) is 0 Å². The first-order valence-corrected chi connectivity index (χ1v) is 6.43. The number of rotatable bonds is 8. The molecule has 102 valence electrons. The summed E-state index contributed by atoms with van der Waals surface area (Å²) in [6.45, 7) is 8.54. The standard InChI is InChI=1S/C14H24N2O2/c1-4-16(8-9-18-5-2)11-12-6-7-14(17-3)13(15)10-12/h6-7,10H,4-5,8-9,11,15H2,1-3H3. The molecule has 0 spiro atoms. The Labute approximate surface area is 110 Å². The molecule has 0 unspecified atom stereocenters. The molecule has 0 bridgehead atoms. The van der Waals surface area contributed by atoms with E-state index in [-0.39, 0.29) is 0 Å². The fourth-order valence-electron chi connectivity index (χ4n) is 1.83. The van der Waals surface area contributed by atoms with Gasteiger partial charge in [-0.2, -0.15) is 0 Å². The highest BCUT2D eigenvalue weighted by Crippen LogP contribution is 2.22. The van der Waals surface area contributed by atoms with Gasteiger partial charge in [-0.3, -0.25) is 4.90 Å². The number of hydrogen-bond donors (Lipinski definition) is 1. The van der Waals surface area contributed by atoms with Crippen LogP contribution < -0.4 is 10.5 Å². The Balaban J connectivity index is 2.55. The van der Waals surface area contributed by atoms with E-state index in [9.17, 15) is 0 Å². The summed E-state index contributed by atoms with van der Waals surface area (Å²) >= 11 is 0. The van der Waals surface area contributed by atoms with Crippen LogP contribution in [0, 0.1) is 0 Å². The van der Waals surface area contributed by atoms with Gasteiger partial charge < -0.3 is 15.2 Å². The largest absolute Gasteiger partial charge is 0.495 e. The van der Waals surface area contributed by atoms with Crippen molar-refractivity contribution in [1.29, 1.82) is 0 Å². The van der Waals surface area contributed by atoms with Crippen molar-refractivity contribution in [2.24, 2.45) is 0 Å². The first kappa shape index (κ1) is 14.8. The van der Waals surface area contributed by atoms with Crippen molar-refractivity contribution in [1.82, 2.24) is 4.90 Å². The van der Waals surface area contributed by atoms with Crippen LogP contribution in [-0.4, -0.2) is 38.3 Å². The van der Waals surface area contributed by atoms with Crippen LogP contribution in [-0.2, 0) is 11.3 Å². The molecule has 0 fully saturated rings. The van der Waals surface area contributed by atoms with E-state index >= 15 is 0 Å². The van der Waals surface area contributed by atoms with Crippen molar-refractivity contribution in [3.8, 4) is 5.75 Å². The van der Waals surface area contributed by atoms with E-state index in [4.69, 9.17) is 15.2 Å². The number of anilines is 1. The van der Waals surface area contributed by atoms with Crippen LogP contribution in [0.3, 0.4) is 0 Å². The molecular weight excluding hydrogens is 228 g/mol. The number of methoxy groups -OCH3 is 1. The third-order valence-corrected chi connectivity index (χ3v) is 2.90. The van der Waals surface area contributed by atoms with Gasteiger partial charge in [-0.15, -0.1) is 0 Å². The first-order chi connectivity index (χ1) is 8.71. The van der Waals surface area contributed by atoms with Crippen molar-refractivity contribution in [2.45, 2.75) is 20.4 Å². The maximum absolute atomic E-state index is 5.90. The van der Waals surface area contributed by atoms with Crippen LogP contribution in [0.1, 0.15) is 19.4 Å². The topological polar surface area (TPSA) is 47.7 Å². The minimum absolute atomic E-state index is 0.691. The van der Waals surface area contributed by atoms with Crippen molar-refractivity contribution >= 4 is 5.69 Å². The number of ether oxygens (including phenoxy) is 2. The highest BCUT2D eigenvalue weighted by Gasteiger charge is 2.06. The lowest BCUT2D eigenvalue weighted by Gasteiger charge is -2.20. The molecule has 4 nitrogen and oxygen atoms in total. The second-order valence-electron chi connectivity index (χ2n) is 4.14. The first-order valence-electron chi connectivity index (χ1n) is 6.43. The van der Waals surface area contributed by atoms with Crippen LogP contribution in [0.4, 0.5) is 5.69 Å². The zero-order chi connectivity index (χ0) is 13.4. The second kappa shape index (κ2) is 7.95. The Morgan fingerprint density at radius 1 is 1.28 bits per heavy atom. The molecule has 0 saturated heterocycles. The number of hydrogen-bond acceptors (Lipinski definition) is 4. The molecule has 1 rings (SSSR count). The highest BCUT2D eigenvalue weighted by atomic mass is 16.5. The zero-order valence-corrected chi connectivity index (χ0v) is 11.6. The Morgan fingerprint density at radius 2 is 2.06 bits per heavy atom. The van der Waals surface area contributed by atoms with Gasteiger partial charge in [0.15, 0.2) is 0 Å². The number of likely N-dealkylation sites (N-methyl/N-ethyl adjacent to an activating group) is 1. The van der Waals surface area contributed by atoms with E-state index in [1.165, 1.54) is 5.56 Å². The lowest BCUT2D eigenvalue weighted by molar-refractivity contribution is 0.113. The van der Waals surface area contributed by atoms with Crippen molar-refractivity contribution in [2.75, 3.05) is 39.1 Å². The fourth-order valence-corrected chi connectivity index (χ4v) is 1.83. The Hall–Kier alpha value is -1.26. The summed E-state index contributed by atoms with van der Waals surface area (Å²) in [4.78, 5) is 2.33. The summed E-state index contributed by atoms with van der Waals surface area (Å²) in [5.74, 6) is 0.733. The average molecular weight is 252 g/mol. The normalized spacial score (nSPS) is 10.9. The summed E-state index contributed by atoms with van der Waals surface area (Å²) in [6.07, 6.45) is 0. The Bertz CT molecular complexity index is 356. The van der Waals surface area contributed by atoms with E-state index < -0.39 is 0 Å². The third-order valence-electron chi connectivity index (χ3n) is 2.90. The summed E-state index contributed by atoms with van der Waals surface area (Å²) in [6, 6.07) is 5.95. The highest BCUT2D eigenvalue weighted by molar-refractivity contribution is 5.54. The maximum atomic E-state index is 5.90. The number of nitrogen functional groups attached to an aromatic ring is 1. The van der Waals surface area contributed by atoms with Crippen molar-refractivity contribution < 1.29 is 9.47 Å². The number of nitrogens with zero attached hydrogens (tertiary/aromatic N) is 1. The quantitative estimate of drug-likeness (QED) is 0.569. The van der Waals surface area contributed by atoms with Gasteiger partial charge >= 0.3 is 0 Å². The zero-order valence-electron chi connectivity index (χ0n) is 11.6. The van der Waals surface area contributed by atoms with Crippen molar-refractivity contribution in [3.05, 3.63) is 23.8 Å². The average Bonchev–Trinajstić information content (AvgIpc) is 2.38. The minimum atomic E-state index is 0.691. The number of benzene rings is 1. The van der Waals surface area contributed by atoms with E-state index in [0.29, 0.717) is 5.69 Å². The lowest BCUT2D eigenvalue weighted by Crippen LogP contribution is -2.27. The van der Waals surface area contributed by atoms with Gasteiger partial charge in [0.1, 0.15) is 5.75 Å². The lowest BCUT2D eigenvalue weighted by atomic mass is 10.1. The predicted molar refractivity (Wildman–Crippen MR) is 74.9 cm³/mol. The molecule has 18 heavy (non-hydrogen) atoms. The molecule has 0 aromatic heterocycles. The SMILES string of the molecule is CCOCCN(CC)Cc1ccc(OC)c(N)c1. The van der Waals surface area contributed by atoms with E-state index in [2.05, 4.69) is 17.9 Å². The van der Waals surface area contributed by atoms with Gasteiger partial charge in [0.25, 0.3) is 0 Å². The van der Waals surface area contributed by atoms with Crippen LogP contribution in [0.5, 0.6) is 5.75 Å². The summed E-state index contributed by atoms with van der Waals surface area (Å²) in [5.41, 5.74) is 7.79. The molecule has 4 heteroatoms. The maximum Gasteiger partial charge on any atom is 0.141 e. The molecular formula is C14H24N2O2. The van der Waals surface area contributed by atoms with Gasteiger partial charge in [0.2, 0.25) is 0 Å². The molecule has 1 aromatic rings. The van der Waals surface area contributed by atoms with Gasteiger partial charge in [-0.1, -0.05) is 13.0 Å². The molecule has 1 aromatic carbocycles. The number of nitrogens with two attached hydrogens (primary N) is 1. The summed E-state index contributed by atoms with van der Waals surface area (Å²) in [7, 11) is 1.63. The van der Waals surface area contributed by atoms with Gasteiger partial charge in [0.05, 0.1) is 19.4 Å². The minimum Gasteiger partial charge on any atom is -0.495 e. The molecule has 0 saturated carbocycles. The Morgan fingerprint density at radius 3 is 2.61 bits per heavy atom. The van der Waals surface area contributed by atoms with Crippen LogP contribution in [0.25, 0.3) is 0 Å². The van der Waals surface area contributed by atoms with Crippen LogP contribution in [0.2, 0.25) is 0 Å². The van der Waals surface area contributed by atoms with Crippen LogP contribution in [0.15, 0.2) is 18.2 Å². The second-order valence-corrected chi connectivity index (χ2v) is 4.14. The van der Waals surface area contributed by atoms with E-state index in [1.54, 1.807) is 7.11 Å². The van der Waals surface area contributed by atoms with Gasteiger partial charge in [0, 0.05) is 19.7 Å². The van der Waals surface area contributed by atoms with E-state index in [1.807, 2.05) is 19.1 Å². The third kappa shape index (κ3) is 4.55. The Kier molecular flexibility index (Phi) is 6.54. The summed E-state index contributed by atoms with van der Waals surface area (Å²) in [5, 5.41) is 0. The molecule has 0 amide bonds. The molecule has 0 atom stereocenters. The van der Waals surface area contributed by atoms with Gasteiger partial charge in [-0.05, 0) is 31.2 Å². The molecule has 0 heterocycles. The van der Waals surface area contributed by atoms with E-state index in [0.717, 1.165) is 38.6 Å². The molecule has 0 radical (unpaired) electrons. The predicted octanol–water partition coefficient (Wildman–Crippen LogP) is 2.14. The fraction of sp³-hybridized carbons (Fsp3) is 0.571. The molecule has 0 aliphatic rings. The monoisotopic (exact) mass is 252 g/mol. The van der Waals surface area contributed by atoms with Crippen LogP contribution >= 0.6 is 0 Å². The smallest absolute Gasteiger partial charge is 0.141 e. The molecule has 2 N–H and O–H groups in total.